The number of carboxylic acids is 1. The average molecular weight is 430 g/mol. The number of carbonyl (C=O) groups is 4. The minimum absolute atomic E-state index is 0.0702. The second kappa shape index (κ2) is 13.9. The summed E-state index contributed by atoms with van der Waals surface area (Å²) in [5, 5.41) is 17.0. The van der Waals surface area contributed by atoms with Crippen LogP contribution in [0.5, 0.6) is 0 Å². The van der Waals surface area contributed by atoms with Crippen molar-refractivity contribution in [1.82, 2.24) is 16.0 Å². The standard InChI is InChI=1S/C20H39N5O5/c1-11(2)10-15(18(27)24-14(20(29)30)8-6-7-9-21)25-17(26)13(5)23-19(28)16(22)12(3)4/h11-16H,6-10,21-22H2,1-5H3,(H,23,28)(H,24,27)(H,25,26)(H,29,30)/t13-,14-,15-,16-/m0/s1. The van der Waals surface area contributed by atoms with Crippen LogP contribution in [0.4, 0.5) is 0 Å². The molecule has 0 radical (unpaired) electrons. The molecule has 174 valence electrons. The Hall–Kier alpha value is -2.20. The molecule has 0 aliphatic heterocycles. The van der Waals surface area contributed by atoms with Gasteiger partial charge in [0.2, 0.25) is 17.7 Å². The summed E-state index contributed by atoms with van der Waals surface area (Å²) in [6.07, 6.45) is 1.79. The minimum atomic E-state index is -1.14. The summed E-state index contributed by atoms with van der Waals surface area (Å²) in [5.74, 6) is -2.74. The van der Waals surface area contributed by atoms with E-state index in [1.807, 2.05) is 13.8 Å². The van der Waals surface area contributed by atoms with Gasteiger partial charge in [-0.3, -0.25) is 14.4 Å². The molecule has 0 unspecified atom stereocenters. The van der Waals surface area contributed by atoms with Crippen LogP contribution in [-0.4, -0.2) is 59.5 Å². The van der Waals surface area contributed by atoms with Crippen molar-refractivity contribution in [3.8, 4) is 0 Å². The monoisotopic (exact) mass is 429 g/mol. The predicted molar refractivity (Wildman–Crippen MR) is 114 cm³/mol. The lowest BCUT2D eigenvalue weighted by atomic mass is 10.0. The first-order chi connectivity index (χ1) is 13.9. The molecule has 3 amide bonds. The fraction of sp³-hybridized carbons (Fsp3) is 0.800. The molecule has 10 nitrogen and oxygen atoms in total. The van der Waals surface area contributed by atoms with Gasteiger partial charge in [-0.25, -0.2) is 4.79 Å². The average Bonchev–Trinajstić information content (AvgIpc) is 2.65. The molecule has 0 fully saturated rings. The lowest BCUT2D eigenvalue weighted by Crippen LogP contribution is -2.57. The Balaban J connectivity index is 5.08. The summed E-state index contributed by atoms with van der Waals surface area (Å²) in [6, 6.07) is -3.63. The number of carbonyl (C=O) groups excluding carboxylic acids is 3. The Morgan fingerprint density at radius 2 is 1.40 bits per heavy atom. The van der Waals surface area contributed by atoms with Crippen LogP contribution in [0, 0.1) is 11.8 Å². The molecule has 30 heavy (non-hydrogen) atoms. The molecule has 0 aliphatic rings. The van der Waals surface area contributed by atoms with Crippen LogP contribution in [0.15, 0.2) is 0 Å². The van der Waals surface area contributed by atoms with Crippen LogP contribution in [0.1, 0.15) is 60.3 Å². The molecule has 8 N–H and O–H groups in total. The maximum atomic E-state index is 12.7. The Bertz CT molecular complexity index is 582. The number of nitrogens with one attached hydrogen (secondary N) is 3. The van der Waals surface area contributed by atoms with Crippen molar-refractivity contribution >= 4 is 23.7 Å². The van der Waals surface area contributed by atoms with E-state index in [-0.39, 0.29) is 18.3 Å². The maximum Gasteiger partial charge on any atom is 0.326 e. The minimum Gasteiger partial charge on any atom is -0.480 e. The summed E-state index contributed by atoms with van der Waals surface area (Å²) >= 11 is 0. The van der Waals surface area contributed by atoms with E-state index in [1.165, 1.54) is 6.92 Å². The largest absolute Gasteiger partial charge is 0.480 e. The van der Waals surface area contributed by atoms with Crippen molar-refractivity contribution in [1.29, 1.82) is 0 Å². The number of hydrogen-bond acceptors (Lipinski definition) is 6. The van der Waals surface area contributed by atoms with Gasteiger partial charge in [-0.15, -0.1) is 0 Å². The molecular weight excluding hydrogens is 390 g/mol. The van der Waals surface area contributed by atoms with Crippen LogP contribution in [-0.2, 0) is 19.2 Å². The Morgan fingerprint density at radius 3 is 1.87 bits per heavy atom. The Morgan fingerprint density at radius 1 is 0.833 bits per heavy atom. The first-order valence-corrected chi connectivity index (χ1v) is 10.5. The van der Waals surface area contributed by atoms with E-state index in [0.717, 1.165) is 0 Å². The van der Waals surface area contributed by atoms with Crippen molar-refractivity contribution in [2.75, 3.05) is 6.54 Å². The zero-order valence-corrected chi connectivity index (χ0v) is 18.7. The summed E-state index contributed by atoms with van der Waals surface area (Å²) in [6.45, 7) is 9.30. The molecule has 0 aliphatic carbocycles. The van der Waals surface area contributed by atoms with Gasteiger partial charge in [0.15, 0.2) is 0 Å². The quantitative estimate of drug-likeness (QED) is 0.205. The number of rotatable bonds is 14. The highest BCUT2D eigenvalue weighted by Gasteiger charge is 2.29. The third kappa shape index (κ3) is 10.5. The van der Waals surface area contributed by atoms with Crippen LogP contribution < -0.4 is 27.4 Å². The van der Waals surface area contributed by atoms with Gasteiger partial charge in [0.05, 0.1) is 6.04 Å². The van der Waals surface area contributed by atoms with Crippen LogP contribution in [0.2, 0.25) is 0 Å². The van der Waals surface area contributed by atoms with Gasteiger partial charge in [0.25, 0.3) is 0 Å². The highest BCUT2D eigenvalue weighted by atomic mass is 16.4. The van der Waals surface area contributed by atoms with Crippen LogP contribution in [0.3, 0.4) is 0 Å². The maximum absolute atomic E-state index is 12.7. The van der Waals surface area contributed by atoms with Crippen LogP contribution >= 0.6 is 0 Å². The number of carboxylic acid groups (broad SMARTS) is 1. The molecule has 0 rings (SSSR count). The van der Waals surface area contributed by atoms with E-state index in [9.17, 15) is 24.3 Å². The fourth-order valence-corrected chi connectivity index (χ4v) is 2.70. The van der Waals surface area contributed by atoms with Crippen molar-refractivity contribution in [3.63, 3.8) is 0 Å². The summed E-state index contributed by atoms with van der Waals surface area (Å²) in [5.41, 5.74) is 11.2. The Kier molecular flexibility index (Phi) is 12.9. The molecule has 0 aromatic rings. The zero-order valence-electron chi connectivity index (χ0n) is 18.7. The molecule has 0 aromatic heterocycles. The second-order valence-electron chi connectivity index (χ2n) is 8.37. The number of hydrogen-bond donors (Lipinski definition) is 6. The third-order valence-electron chi connectivity index (χ3n) is 4.67. The van der Waals surface area contributed by atoms with Gasteiger partial charge in [-0.1, -0.05) is 27.7 Å². The van der Waals surface area contributed by atoms with E-state index in [4.69, 9.17) is 11.5 Å². The first kappa shape index (κ1) is 27.8. The Labute approximate surface area is 178 Å². The first-order valence-electron chi connectivity index (χ1n) is 10.5. The van der Waals surface area contributed by atoms with E-state index < -0.39 is 47.9 Å². The molecule has 0 saturated carbocycles. The normalized spacial score (nSPS) is 15.2. The lowest BCUT2D eigenvalue weighted by Gasteiger charge is -2.25. The molecule has 0 heterocycles. The molecule has 10 heteroatoms. The number of aliphatic carboxylic acids is 1. The molecule has 0 bridgehead atoms. The number of nitrogens with two attached hydrogens (primary N) is 2. The van der Waals surface area contributed by atoms with Gasteiger partial charge in [-0.05, 0) is 51.0 Å². The SMILES string of the molecule is CC(C)C[C@H](NC(=O)[C@H](C)NC(=O)[C@@H](N)C(C)C)C(=O)N[C@@H](CCCCN)C(=O)O. The number of amides is 3. The zero-order chi connectivity index (χ0) is 23.4. The van der Waals surface area contributed by atoms with Gasteiger partial charge in [0, 0.05) is 0 Å². The van der Waals surface area contributed by atoms with Crippen molar-refractivity contribution < 1.29 is 24.3 Å². The fourth-order valence-electron chi connectivity index (χ4n) is 2.70. The smallest absolute Gasteiger partial charge is 0.326 e. The lowest BCUT2D eigenvalue weighted by molar-refractivity contribution is -0.142. The molecule has 4 atom stereocenters. The molecular formula is C20H39N5O5. The summed E-state index contributed by atoms with van der Waals surface area (Å²) < 4.78 is 0. The van der Waals surface area contributed by atoms with Crippen molar-refractivity contribution in [2.24, 2.45) is 23.3 Å². The number of unbranched alkanes of at least 4 members (excludes halogenated alkanes) is 1. The van der Waals surface area contributed by atoms with E-state index in [0.29, 0.717) is 25.8 Å². The summed E-state index contributed by atoms with van der Waals surface area (Å²) in [4.78, 5) is 48.7. The van der Waals surface area contributed by atoms with Crippen LogP contribution in [0.25, 0.3) is 0 Å². The predicted octanol–water partition coefficient (Wildman–Crippen LogP) is -0.296. The molecule has 0 aromatic carbocycles. The van der Waals surface area contributed by atoms with Gasteiger partial charge >= 0.3 is 5.97 Å². The van der Waals surface area contributed by atoms with Gasteiger partial charge in [0.1, 0.15) is 18.1 Å². The molecule has 0 saturated heterocycles. The topological polar surface area (TPSA) is 177 Å². The van der Waals surface area contributed by atoms with E-state index >= 15 is 0 Å². The van der Waals surface area contributed by atoms with Gasteiger partial charge < -0.3 is 32.5 Å². The van der Waals surface area contributed by atoms with Crippen molar-refractivity contribution in [3.05, 3.63) is 0 Å². The highest BCUT2D eigenvalue weighted by molar-refractivity contribution is 5.93. The summed E-state index contributed by atoms with van der Waals surface area (Å²) in [7, 11) is 0. The van der Waals surface area contributed by atoms with Crippen molar-refractivity contribution in [2.45, 2.75) is 84.5 Å². The van der Waals surface area contributed by atoms with Gasteiger partial charge in [-0.2, -0.15) is 0 Å². The second-order valence-corrected chi connectivity index (χ2v) is 8.37. The highest BCUT2D eigenvalue weighted by Crippen LogP contribution is 2.08. The molecule has 0 spiro atoms. The van der Waals surface area contributed by atoms with E-state index in [1.54, 1.807) is 13.8 Å². The third-order valence-corrected chi connectivity index (χ3v) is 4.67. The van der Waals surface area contributed by atoms with E-state index in [2.05, 4.69) is 16.0 Å².